The zero-order valence-corrected chi connectivity index (χ0v) is 18.7. The third-order valence-electron chi connectivity index (χ3n) is 5.61. The van der Waals surface area contributed by atoms with E-state index in [9.17, 15) is 14.4 Å². The lowest BCUT2D eigenvalue weighted by Gasteiger charge is -2.24. The number of fused-ring (bicyclic) bond motifs is 1. The van der Waals surface area contributed by atoms with Gasteiger partial charge < -0.3 is 5.32 Å². The fourth-order valence-electron chi connectivity index (χ4n) is 3.98. The molecular formula is C25H31N3O3. The van der Waals surface area contributed by atoms with E-state index in [2.05, 4.69) is 50.4 Å². The van der Waals surface area contributed by atoms with Crippen LogP contribution in [0.25, 0.3) is 10.9 Å². The molecule has 1 atom stereocenters. The highest BCUT2D eigenvalue weighted by molar-refractivity contribution is 5.81. The monoisotopic (exact) mass is 421 g/mol. The summed E-state index contributed by atoms with van der Waals surface area (Å²) in [6.07, 6.45) is 2.12. The fourth-order valence-corrected chi connectivity index (χ4v) is 3.98. The van der Waals surface area contributed by atoms with Gasteiger partial charge in [0.15, 0.2) is 0 Å². The Kier molecular flexibility index (Phi) is 7.10. The highest BCUT2D eigenvalue weighted by Gasteiger charge is 2.20. The van der Waals surface area contributed by atoms with Crippen LogP contribution in [0, 0.1) is 5.92 Å². The number of carbonyl (C=O) groups excluding carboxylic acids is 1. The van der Waals surface area contributed by atoms with Crippen LogP contribution in [0.5, 0.6) is 0 Å². The van der Waals surface area contributed by atoms with Crippen LogP contribution in [-0.2, 0) is 24.3 Å². The van der Waals surface area contributed by atoms with Gasteiger partial charge in [-0.15, -0.1) is 0 Å². The topological polar surface area (TPSA) is 73.1 Å². The fraction of sp³-hybridized carbons (Fsp3) is 0.400. The third-order valence-corrected chi connectivity index (χ3v) is 5.61. The molecule has 1 unspecified atom stereocenters. The predicted molar refractivity (Wildman–Crippen MR) is 124 cm³/mol. The molecule has 0 fully saturated rings. The smallest absolute Gasteiger partial charge is 0.331 e. The number of aryl methyl sites for hydroxylation is 1. The molecule has 0 spiro atoms. The quantitative estimate of drug-likeness (QED) is 0.603. The van der Waals surface area contributed by atoms with Crippen LogP contribution in [0.4, 0.5) is 0 Å². The molecule has 6 heteroatoms. The van der Waals surface area contributed by atoms with Gasteiger partial charge in [0.2, 0.25) is 5.91 Å². The van der Waals surface area contributed by atoms with E-state index in [1.54, 1.807) is 31.2 Å². The Morgan fingerprint density at radius 2 is 1.65 bits per heavy atom. The minimum Gasteiger partial charge on any atom is -0.347 e. The average Bonchev–Trinajstić information content (AvgIpc) is 2.76. The average molecular weight is 422 g/mol. The van der Waals surface area contributed by atoms with Gasteiger partial charge in [0.1, 0.15) is 6.54 Å². The number of nitrogens with one attached hydrogen (secondary N) is 1. The van der Waals surface area contributed by atoms with Gasteiger partial charge in [0, 0.05) is 6.54 Å². The van der Waals surface area contributed by atoms with Gasteiger partial charge in [-0.3, -0.25) is 18.7 Å². The van der Waals surface area contributed by atoms with Gasteiger partial charge in [0.25, 0.3) is 5.56 Å². The maximum Gasteiger partial charge on any atom is 0.331 e. The number of aromatic nitrogens is 2. The van der Waals surface area contributed by atoms with Gasteiger partial charge in [0.05, 0.1) is 16.9 Å². The van der Waals surface area contributed by atoms with Crippen LogP contribution >= 0.6 is 0 Å². The summed E-state index contributed by atoms with van der Waals surface area (Å²) in [7, 11) is 0. The van der Waals surface area contributed by atoms with E-state index in [0.29, 0.717) is 10.9 Å². The van der Waals surface area contributed by atoms with E-state index in [4.69, 9.17) is 0 Å². The summed E-state index contributed by atoms with van der Waals surface area (Å²) >= 11 is 0. The normalized spacial score (nSPS) is 12.3. The second-order valence-corrected chi connectivity index (χ2v) is 8.22. The van der Waals surface area contributed by atoms with Crippen molar-refractivity contribution in [1.29, 1.82) is 0 Å². The molecule has 1 N–H and O–H groups in total. The number of rotatable bonds is 8. The van der Waals surface area contributed by atoms with E-state index in [1.165, 1.54) is 14.7 Å². The minimum absolute atomic E-state index is 0.142. The van der Waals surface area contributed by atoms with Crippen molar-refractivity contribution in [3.63, 3.8) is 0 Å². The number of hydrogen-bond donors (Lipinski definition) is 1. The highest BCUT2D eigenvalue weighted by atomic mass is 16.2. The van der Waals surface area contributed by atoms with Crippen molar-refractivity contribution in [3.05, 3.63) is 80.5 Å². The summed E-state index contributed by atoms with van der Waals surface area (Å²) in [6, 6.07) is 15.1. The Balaban J connectivity index is 1.91. The lowest BCUT2D eigenvalue weighted by Crippen LogP contribution is -2.43. The van der Waals surface area contributed by atoms with Crippen molar-refractivity contribution in [2.75, 3.05) is 0 Å². The molecule has 1 amide bonds. The molecule has 0 aliphatic carbocycles. The molecule has 0 radical (unpaired) electrons. The van der Waals surface area contributed by atoms with Gasteiger partial charge in [-0.05, 0) is 42.5 Å². The number of carbonyl (C=O) groups is 1. The molecule has 31 heavy (non-hydrogen) atoms. The van der Waals surface area contributed by atoms with Crippen LogP contribution in [0.15, 0.2) is 58.1 Å². The van der Waals surface area contributed by atoms with E-state index < -0.39 is 5.69 Å². The van der Waals surface area contributed by atoms with Crippen molar-refractivity contribution in [1.82, 2.24) is 14.5 Å². The zero-order chi connectivity index (χ0) is 22.5. The predicted octanol–water partition coefficient (Wildman–Crippen LogP) is 3.65. The Morgan fingerprint density at radius 1 is 0.968 bits per heavy atom. The Labute approximate surface area is 182 Å². The Morgan fingerprint density at radius 3 is 2.26 bits per heavy atom. The lowest BCUT2D eigenvalue weighted by molar-refractivity contribution is -0.122. The minimum atomic E-state index is -0.466. The Bertz CT molecular complexity index is 1170. The first-order valence-electron chi connectivity index (χ1n) is 11.0. The molecule has 3 rings (SSSR count). The van der Waals surface area contributed by atoms with Gasteiger partial charge >= 0.3 is 5.69 Å². The molecule has 6 nitrogen and oxygen atoms in total. The summed E-state index contributed by atoms with van der Waals surface area (Å²) in [5, 5.41) is 3.52. The summed E-state index contributed by atoms with van der Waals surface area (Å²) < 4.78 is 2.55. The summed E-state index contributed by atoms with van der Waals surface area (Å²) in [5.74, 6) is -0.0797. The van der Waals surface area contributed by atoms with Crippen molar-refractivity contribution < 1.29 is 4.79 Å². The second kappa shape index (κ2) is 9.77. The molecule has 2 aromatic carbocycles. The molecule has 3 aromatic rings. The zero-order valence-electron chi connectivity index (χ0n) is 18.7. The largest absolute Gasteiger partial charge is 0.347 e. The molecule has 164 valence electrons. The van der Waals surface area contributed by atoms with Crippen molar-refractivity contribution in [2.45, 2.75) is 59.7 Å². The maximum absolute atomic E-state index is 13.0. The summed E-state index contributed by atoms with van der Waals surface area (Å²) in [4.78, 5) is 38.5. The molecule has 0 bridgehead atoms. The standard InChI is InChI=1S/C25H31N3O3/c1-5-9-18-12-14-19(15-13-18)23(17(3)4)26-22(29)16-28-21-11-8-7-10-20(21)24(30)27(6-2)25(28)31/h7-8,10-15,17,23H,5-6,9,16H2,1-4H3,(H,26,29). The molecule has 1 heterocycles. The van der Waals surface area contributed by atoms with Gasteiger partial charge in [-0.2, -0.15) is 0 Å². The summed E-state index contributed by atoms with van der Waals surface area (Å²) in [6.45, 7) is 8.13. The maximum atomic E-state index is 13.0. The van der Waals surface area contributed by atoms with E-state index >= 15 is 0 Å². The number of hydrogen-bond acceptors (Lipinski definition) is 3. The molecule has 1 aromatic heterocycles. The van der Waals surface area contributed by atoms with Crippen LogP contribution < -0.4 is 16.6 Å². The van der Waals surface area contributed by atoms with E-state index in [0.717, 1.165) is 18.4 Å². The number of nitrogens with zero attached hydrogens (tertiary/aromatic N) is 2. The van der Waals surface area contributed by atoms with E-state index in [-0.39, 0.29) is 36.5 Å². The van der Waals surface area contributed by atoms with Crippen molar-refractivity contribution >= 4 is 16.8 Å². The molecule has 0 aliphatic rings. The highest BCUT2D eigenvalue weighted by Crippen LogP contribution is 2.22. The first-order chi connectivity index (χ1) is 14.9. The van der Waals surface area contributed by atoms with Crippen molar-refractivity contribution in [3.8, 4) is 0 Å². The SMILES string of the molecule is CCCc1ccc(C(NC(=O)Cn2c(=O)n(CC)c(=O)c3ccccc32)C(C)C)cc1. The lowest BCUT2D eigenvalue weighted by atomic mass is 9.94. The Hall–Kier alpha value is -3.15. The molecule has 0 saturated carbocycles. The van der Waals surface area contributed by atoms with Crippen LogP contribution in [0.3, 0.4) is 0 Å². The third kappa shape index (κ3) is 4.79. The van der Waals surface area contributed by atoms with Crippen LogP contribution in [0.1, 0.15) is 51.3 Å². The van der Waals surface area contributed by atoms with Crippen LogP contribution in [0.2, 0.25) is 0 Å². The number of amides is 1. The summed E-state index contributed by atoms with van der Waals surface area (Å²) in [5.41, 5.74) is 2.00. The number of benzene rings is 2. The first-order valence-corrected chi connectivity index (χ1v) is 11.0. The number of para-hydroxylation sites is 1. The van der Waals surface area contributed by atoms with Crippen LogP contribution in [-0.4, -0.2) is 15.0 Å². The molecule has 0 aliphatic heterocycles. The molecule has 0 saturated heterocycles. The second-order valence-electron chi connectivity index (χ2n) is 8.22. The van der Waals surface area contributed by atoms with Crippen molar-refractivity contribution in [2.24, 2.45) is 5.92 Å². The first kappa shape index (κ1) is 22.5. The van der Waals surface area contributed by atoms with E-state index in [1.807, 2.05) is 0 Å². The van der Waals surface area contributed by atoms with Gasteiger partial charge in [-0.1, -0.05) is 63.6 Å². The van der Waals surface area contributed by atoms with Gasteiger partial charge in [-0.25, -0.2) is 4.79 Å². The molecular weight excluding hydrogens is 390 g/mol.